The maximum atomic E-state index is 12.4. The molecule has 0 aliphatic carbocycles. The van der Waals surface area contributed by atoms with Gasteiger partial charge in [-0.3, -0.25) is 20.0 Å². The summed E-state index contributed by atoms with van der Waals surface area (Å²) in [5, 5.41) is 15.6. The molecule has 3 aromatic rings. The van der Waals surface area contributed by atoms with Crippen LogP contribution in [0.1, 0.15) is 32.0 Å². The number of carbonyl (C=O) groups is 3. The summed E-state index contributed by atoms with van der Waals surface area (Å²) < 4.78 is 0. The molecule has 1 aromatic carbocycles. The summed E-state index contributed by atoms with van der Waals surface area (Å²) in [5.74, 6) is -0.320. The van der Waals surface area contributed by atoms with Crippen molar-refractivity contribution in [2.45, 2.75) is 13.1 Å². The molecule has 0 radical (unpaired) electrons. The lowest BCUT2D eigenvalue weighted by atomic mass is 10.2. The summed E-state index contributed by atoms with van der Waals surface area (Å²) in [5.41, 5.74) is 2.44. The highest BCUT2D eigenvalue weighted by atomic mass is 32.1. The summed E-state index contributed by atoms with van der Waals surface area (Å²) in [7, 11) is 0. The zero-order valence-electron chi connectivity index (χ0n) is 14.1. The highest BCUT2D eigenvalue weighted by Gasteiger charge is 2.29. The van der Waals surface area contributed by atoms with Crippen molar-refractivity contribution in [3.8, 4) is 0 Å². The van der Waals surface area contributed by atoms with Gasteiger partial charge in [0.15, 0.2) is 5.82 Å². The number of thiophene rings is 1. The van der Waals surface area contributed by atoms with Crippen molar-refractivity contribution in [1.82, 2.24) is 20.4 Å². The number of benzene rings is 1. The van der Waals surface area contributed by atoms with E-state index in [4.69, 9.17) is 0 Å². The van der Waals surface area contributed by atoms with E-state index in [1.165, 1.54) is 16.2 Å². The van der Waals surface area contributed by atoms with E-state index in [9.17, 15) is 14.4 Å². The molecule has 136 valence electrons. The highest BCUT2D eigenvalue weighted by molar-refractivity contribution is 7.08. The largest absolute Gasteiger partial charge is 0.324 e. The predicted octanol–water partition coefficient (Wildman–Crippen LogP) is 2.59. The molecule has 4 amide bonds. The molecule has 3 heterocycles. The quantitative estimate of drug-likeness (QED) is 0.648. The number of hydrogen-bond donors (Lipinski definition) is 3. The smallest absolute Gasteiger partial charge is 0.314 e. The molecule has 0 fully saturated rings. The van der Waals surface area contributed by atoms with Crippen molar-refractivity contribution in [1.29, 1.82) is 0 Å². The lowest BCUT2D eigenvalue weighted by molar-refractivity contribution is 0.0950. The first-order valence-electron chi connectivity index (χ1n) is 8.17. The number of carbonyl (C=O) groups excluding carboxylic acids is 3. The monoisotopic (exact) mass is 381 g/mol. The minimum absolute atomic E-state index is 0.249. The Morgan fingerprint density at radius 2 is 1.85 bits per heavy atom. The van der Waals surface area contributed by atoms with Crippen LogP contribution in [0.15, 0.2) is 47.2 Å². The number of fused-ring (bicyclic) bond motifs is 1. The van der Waals surface area contributed by atoms with Crippen LogP contribution in [0.3, 0.4) is 0 Å². The van der Waals surface area contributed by atoms with Crippen molar-refractivity contribution in [3.05, 3.63) is 69.5 Å². The predicted molar refractivity (Wildman–Crippen MR) is 99.4 cm³/mol. The lowest BCUT2D eigenvalue weighted by Gasteiger charge is -2.16. The highest BCUT2D eigenvalue weighted by Crippen LogP contribution is 2.27. The van der Waals surface area contributed by atoms with E-state index in [0.29, 0.717) is 16.9 Å². The van der Waals surface area contributed by atoms with Gasteiger partial charge in [0.1, 0.15) is 0 Å². The number of aromatic nitrogens is 2. The molecule has 0 spiro atoms. The number of nitrogens with zero attached hydrogens (tertiary/aromatic N) is 2. The van der Waals surface area contributed by atoms with Gasteiger partial charge in [0.2, 0.25) is 0 Å². The summed E-state index contributed by atoms with van der Waals surface area (Å²) in [4.78, 5) is 38.2. The molecule has 3 N–H and O–H groups in total. The number of hydrogen-bond acceptors (Lipinski definition) is 5. The number of nitrogens with one attached hydrogen (secondary N) is 3. The van der Waals surface area contributed by atoms with Crippen molar-refractivity contribution < 1.29 is 14.4 Å². The minimum atomic E-state index is -0.497. The molecule has 2 aromatic heterocycles. The van der Waals surface area contributed by atoms with E-state index in [-0.39, 0.29) is 19.0 Å². The number of amides is 4. The standard InChI is InChI=1S/C18H15N5O3S/c24-16(11-4-2-1-3-5-11)20-18(26)23-8-13-14(9-23)21-22-15(13)19-17(25)12-6-7-27-10-12/h1-7,10H,8-9H2,(H,20,24,26)(H2,19,21,22,25). The Morgan fingerprint density at radius 1 is 1.04 bits per heavy atom. The maximum absolute atomic E-state index is 12.4. The van der Waals surface area contributed by atoms with Gasteiger partial charge >= 0.3 is 6.03 Å². The van der Waals surface area contributed by atoms with Gasteiger partial charge in [0, 0.05) is 16.5 Å². The van der Waals surface area contributed by atoms with Crippen molar-refractivity contribution in [2.75, 3.05) is 5.32 Å². The molecule has 0 saturated carbocycles. The summed E-state index contributed by atoms with van der Waals surface area (Å²) in [6.45, 7) is 0.531. The molecule has 1 aliphatic heterocycles. The number of urea groups is 1. The normalized spacial score (nSPS) is 12.5. The number of imide groups is 1. The SMILES string of the molecule is O=C(NC(=O)N1Cc2[nH]nc(NC(=O)c3ccsc3)c2C1)c1ccccc1. The van der Waals surface area contributed by atoms with Gasteiger partial charge in [0.05, 0.1) is 24.3 Å². The van der Waals surface area contributed by atoms with Gasteiger partial charge in [-0.2, -0.15) is 16.4 Å². The van der Waals surface area contributed by atoms with Crippen LogP contribution in [0.25, 0.3) is 0 Å². The van der Waals surface area contributed by atoms with Gasteiger partial charge in [0.25, 0.3) is 11.8 Å². The Bertz CT molecular complexity index is 997. The Labute approximate surface area is 158 Å². The van der Waals surface area contributed by atoms with E-state index in [1.54, 1.807) is 41.8 Å². The first-order valence-corrected chi connectivity index (χ1v) is 9.11. The summed E-state index contributed by atoms with van der Waals surface area (Å²) in [6.07, 6.45) is 0. The van der Waals surface area contributed by atoms with Crippen LogP contribution in [0.4, 0.5) is 10.6 Å². The van der Waals surface area contributed by atoms with E-state index in [0.717, 1.165) is 11.3 Å². The van der Waals surface area contributed by atoms with E-state index >= 15 is 0 Å². The third-order valence-corrected chi connectivity index (χ3v) is 4.89. The van der Waals surface area contributed by atoms with E-state index in [2.05, 4.69) is 20.8 Å². The molecule has 0 atom stereocenters. The summed E-state index contributed by atoms with van der Waals surface area (Å²) >= 11 is 1.43. The van der Waals surface area contributed by atoms with Crippen LogP contribution in [-0.4, -0.2) is 32.9 Å². The molecule has 9 heteroatoms. The fourth-order valence-corrected chi connectivity index (χ4v) is 3.43. The maximum Gasteiger partial charge on any atom is 0.324 e. The van der Waals surface area contributed by atoms with Gasteiger partial charge in [-0.15, -0.1) is 0 Å². The second-order valence-electron chi connectivity index (χ2n) is 5.98. The molecule has 1 aliphatic rings. The van der Waals surface area contributed by atoms with Crippen LogP contribution in [0.2, 0.25) is 0 Å². The zero-order chi connectivity index (χ0) is 18.8. The van der Waals surface area contributed by atoms with Crippen molar-refractivity contribution in [2.24, 2.45) is 0 Å². The first-order chi connectivity index (χ1) is 13.1. The van der Waals surface area contributed by atoms with Crippen LogP contribution < -0.4 is 10.6 Å². The van der Waals surface area contributed by atoms with E-state index < -0.39 is 11.9 Å². The average molecular weight is 381 g/mol. The van der Waals surface area contributed by atoms with Crippen molar-refractivity contribution in [3.63, 3.8) is 0 Å². The first kappa shape index (κ1) is 17.0. The number of rotatable bonds is 3. The van der Waals surface area contributed by atoms with Gasteiger partial charge in [-0.05, 0) is 23.6 Å². The number of aromatic amines is 1. The topological polar surface area (TPSA) is 107 Å². The second-order valence-corrected chi connectivity index (χ2v) is 6.76. The lowest BCUT2D eigenvalue weighted by Crippen LogP contribution is -2.40. The zero-order valence-corrected chi connectivity index (χ0v) is 14.9. The average Bonchev–Trinajstić information content (AvgIpc) is 3.41. The molecule has 4 rings (SSSR count). The Morgan fingerprint density at radius 3 is 2.59 bits per heavy atom. The van der Waals surface area contributed by atoms with Crippen LogP contribution >= 0.6 is 11.3 Å². The van der Waals surface area contributed by atoms with Crippen LogP contribution in [-0.2, 0) is 13.1 Å². The number of anilines is 1. The van der Waals surface area contributed by atoms with Crippen LogP contribution in [0.5, 0.6) is 0 Å². The molecule has 0 bridgehead atoms. The van der Waals surface area contributed by atoms with Gasteiger partial charge < -0.3 is 10.2 Å². The Hall–Kier alpha value is -3.46. The second kappa shape index (κ2) is 7.04. The molecular weight excluding hydrogens is 366 g/mol. The molecule has 8 nitrogen and oxygen atoms in total. The number of H-pyrrole nitrogens is 1. The van der Waals surface area contributed by atoms with Crippen LogP contribution in [0, 0.1) is 0 Å². The Kier molecular flexibility index (Phi) is 4.43. The minimum Gasteiger partial charge on any atom is -0.314 e. The van der Waals surface area contributed by atoms with E-state index in [1.807, 2.05) is 5.38 Å². The fraction of sp³-hybridized carbons (Fsp3) is 0.111. The summed E-state index contributed by atoms with van der Waals surface area (Å²) in [6, 6.07) is 9.76. The fourth-order valence-electron chi connectivity index (χ4n) is 2.80. The molecule has 0 saturated heterocycles. The third kappa shape index (κ3) is 3.44. The Balaban J connectivity index is 1.41. The van der Waals surface area contributed by atoms with Gasteiger partial charge in [-0.25, -0.2) is 4.79 Å². The molecular formula is C18H15N5O3S. The van der Waals surface area contributed by atoms with Gasteiger partial charge in [-0.1, -0.05) is 18.2 Å². The van der Waals surface area contributed by atoms with Crippen molar-refractivity contribution >= 4 is 35.0 Å². The molecule has 0 unspecified atom stereocenters. The molecule has 27 heavy (non-hydrogen) atoms. The third-order valence-electron chi connectivity index (χ3n) is 4.21.